The fraction of sp³-hybridized carbons (Fsp3) is 0.650. The average Bonchev–Trinajstić information content (AvgIpc) is 2.99. The fourth-order valence-electron chi connectivity index (χ4n) is 4.53. The standard InChI is InChI=1S/C19H36.C15H20.3C2H6/c1-7-14-19(11-5,15-8-2)16-12-13-17(6)18(9-3)10-4;1-7-14(8-2)10-11-15(9-3)13(6)12(4)5;3*1-2/h9H,6-8,10-16H2,1-5H3;3,7,10-11H,1,8H2,2,4-6H3;3*1-2H3/b;14-10-,15-11+;;;. The third-order valence-electron chi connectivity index (χ3n) is 7.12. The highest BCUT2D eigenvalue weighted by Crippen LogP contribution is 2.39. The van der Waals surface area contributed by atoms with Crippen LogP contribution in [0.25, 0.3) is 0 Å². The lowest BCUT2D eigenvalue weighted by atomic mass is 9.73. The van der Waals surface area contributed by atoms with Crippen molar-refractivity contribution in [1.29, 1.82) is 0 Å². The van der Waals surface area contributed by atoms with Gasteiger partial charge in [-0.2, -0.15) is 0 Å². The molecule has 0 saturated heterocycles. The molecule has 0 aliphatic rings. The second kappa shape index (κ2) is 35.0. The Hall–Kier alpha value is -2.00. The van der Waals surface area contributed by atoms with Crippen LogP contribution in [0, 0.1) is 17.8 Å². The molecule has 0 spiro atoms. The van der Waals surface area contributed by atoms with E-state index in [1.807, 2.05) is 66.7 Å². The van der Waals surface area contributed by atoms with Gasteiger partial charge in [0, 0.05) is 5.57 Å². The molecule has 0 rings (SSSR count). The van der Waals surface area contributed by atoms with Gasteiger partial charge in [0.1, 0.15) is 0 Å². The molecule has 0 saturated carbocycles. The van der Waals surface area contributed by atoms with E-state index in [-0.39, 0.29) is 0 Å². The molecule has 0 aliphatic heterocycles. The number of terminal acetylenes is 1. The lowest BCUT2D eigenvalue weighted by Gasteiger charge is -2.33. The van der Waals surface area contributed by atoms with Gasteiger partial charge in [-0.15, -0.1) is 6.42 Å². The number of allylic oxidation sites excluding steroid dienone is 10. The molecule has 0 radical (unpaired) electrons. The monoisotopic (exact) mass is 555 g/mol. The first-order valence-corrected chi connectivity index (χ1v) is 16.6. The van der Waals surface area contributed by atoms with Crippen molar-refractivity contribution in [1.82, 2.24) is 0 Å². The molecule has 234 valence electrons. The van der Waals surface area contributed by atoms with Crippen molar-refractivity contribution in [2.24, 2.45) is 5.41 Å². The first kappa shape index (κ1) is 47.8. The summed E-state index contributed by atoms with van der Waals surface area (Å²) in [5.74, 6) is 2.71. The maximum Gasteiger partial charge on any atom is 0.0271 e. The third-order valence-corrected chi connectivity index (χ3v) is 7.12. The molecular formula is C40H74. The fourth-order valence-corrected chi connectivity index (χ4v) is 4.53. The number of hydrogen-bond donors (Lipinski definition) is 0. The smallest absolute Gasteiger partial charge is 0.0271 e. The Bertz CT molecular complexity index is 744. The summed E-state index contributed by atoms with van der Waals surface area (Å²) in [6.07, 6.45) is 26.3. The van der Waals surface area contributed by atoms with E-state index in [0.29, 0.717) is 5.41 Å². The van der Waals surface area contributed by atoms with Gasteiger partial charge < -0.3 is 0 Å². The molecule has 0 bridgehead atoms. The minimum Gasteiger partial charge on any atom is -0.115 e. The van der Waals surface area contributed by atoms with Crippen molar-refractivity contribution in [2.75, 3.05) is 0 Å². The van der Waals surface area contributed by atoms with Crippen molar-refractivity contribution >= 4 is 0 Å². The van der Waals surface area contributed by atoms with Crippen LogP contribution >= 0.6 is 0 Å². The van der Waals surface area contributed by atoms with Crippen molar-refractivity contribution < 1.29 is 0 Å². The average molecular weight is 555 g/mol. The summed E-state index contributed by atoms with van der Waals surface area (Å²) in [6, 6.07) is 0. The molecular weight excluding hydrogens is 480 g/mol. The van der Waals surface area contributed by atoms with Crippen LogP contribution in [0.2, 0.25) is 0 Å². The topological polar surface area (TPSA) is 0 Å². The molecule has 0 heterocycles. The van der Waals surface area contributed by atoms with Crippen molar-refractivity contribution in [3.8, 4) is 12.3 Å². The SMILES string of the molecule is C#C/C(=C\C=C(\C=C)CC)C(C)=C(C)C.C=C(CCCC(CC)(CCC)CCC)C(=CC)CC.CC.CC.CC. The van der Waals surface area contributed by atoms with E-state index < -0.39 is 0 Å². The van der Waals surface area contributed by atoms with Gasteiger partial charge in [-0.1, -0.05) is 144 Å². The summed E-state index contributed by atoms with van der Waals surface area (Å²) in [4.78, 5) is 0. The predicted octanol–water partition coefficient (Wildman–Crippen LogP) is 14.6. The molecule has 0 aromatic heterocycles. The third kappa shape index (κ3) is 23.9. The van der Waals surface area contributed by atoms with E-state index in [1.54, 1.807) is 0 Å². The summed E-state index contributed by atoms with van der Waals surface area (Å²) in [5, 5.41) is 0. The first-order valence-electron chi connectivity index (χ1n) is 16.6. The van der Waals surface area contributed by atoms with Crippen LogP contribution in [0.3, 0.4) is 0 Å². The highest BCUT2D eigenvalue weighted by molar-refractivity contribution is 5.47. The van der Waals surface area contributed by atoms with E-state index in [2.05, 4.69) is 80.5 Å². The molecule has 0 atom stereocenters. The maximum absolute atomic E-state index is 5.47. The highest BCUT2D eigenvalue weighted by atomic mass is 14.3. The minimum absolute atomic E-state index is 0.603. The predicted molar refractivity (Wildman–Crippen MR) is 193 cm³/mol. The van der Waals surface area contributed by atoms with E-state index in [4.69, 9.17) is 6.42 Å². The Morgan fingerprint density at radius 2 is 1.30 bits per heavy atom. The highest BCUT2D eigenvalue weighted by Gasteiger charge is 2.25. The molecule has 0 aromatic carbocycles. The van der Waals surface area contributed by atoms with Crippen molar-refractivity contribution in [3.63, 3.8) is 0 Å². The zero-order valence-electron chi connectivity index (χ0n) is 30.4. The Balaban J connectivity index is -0.000000175. The molecule has 0 N–H and O–H groups in total. The van der Waals surface area contributed by atoms with Crippen molar-refractivity contribution in [3.05, 3.63) is 70.9 Å². The maximum atomic E-state index is 5.47. The van der Waals surface area contributed by atoms with Crippen molar-refractivity contribution in [2.45, 2.75) is 168 Å². The summed E-state index contributed by atoms with van der Waals surface area (Å²) in [7, 11) is 0. The van der Waals surface area contributed by atoms with Gasteiger partial charge in [0.05, 0.1) is 0 Å². The Kier molecular flexibility index (Phi) is 41.8. The second-order valence-electron chi connectivity index (χ2n) is 9.63. The molecule has 0 fully saturated rings. The normalized spacial score (nSPS) is 11.0. The Labute approximate surface area is 256 Å². The molecule has 0 unspecified atom stereocenters. The first-order chi connectivity index (χ1) is 19.1. The van der Waals surface area contributed by atoms with Gasteiger partial charge in [-0.3, -0.25) is 0 Å². The van der Waals surface area contributed by atoms with E-state index in [9.17, 15) is 0 Å². The van der Waals surface area contributed by atoms with Crippen LogP contribution in [0.5, 0.6) is 0 Å². The Morgan fingerprint density at radius 1 is 0.800 bits per heavy atom. The summed E-state index contributed by atoms with van der Waals surface area (Å²) in [5.41, 5.74) is 7.99. The molecule has 0 heteroatoms. The van der Waals surface area contributed by atoms with Gasteiger partial charge in [0.2, 0.25) is 0 Å². The second-order valence-corrected chi connectivity index (χ2v) is 9.63. The van der Waals surface area contributed by atoms with Gasteiger partial charge in [0.15, 0.2) is 0 Å². The minimum atomic E-state index is 0.603. The van der Waals surface area contributed by atoms with Crippen LogP contribution in [-0.4, -0.2) is 0 Å². The Morgan fingerprint density at radius 3 is 1.60 bits per heavy atom. The molecule has 0 amide bonds. The van der Waals surface area contributed by atoms with E-state index >= 15 is 0 Å². The quantitative estimate of drug-likeness (QED) is 0.139. The van der Waals surface area contributed by atoms with Gasteiger partial charge in [-0.25, -0.2) is 0 Å². The largest absolute Gasteiger partial charge is 0.115 e. The van der Waals surface area contributed by atoms with Crippen LogP contribution in [0.4, 0.5) is 0 Å². The van der Waals surface area contributed by atoms with Crippen LogP contribution < -0.4 is 0 Å². The van der Waals surface area contributed by atoms with Crippen LogP contribution in [0.1, 0.15) is 168 Å². The van der Waals surface area contributed by atoms with Crippen LogP contribution in [0.15, 0.2) is 70.9 Å². The zero-order chi connectivity index (χ0) is 32.6. The molecule has 40 heavy (non-hydrogen) atoms. The summed E-state index contributed by atoms with van der Waals surface area (Å²) >= 11 is 0. The van der Waals surface area contributed by atoms with Gasteiger partial charge in [-0.05, 0) is 101 Å². The molecule has 0 aromatic rings. The lowest BCUT2D eigenvalue weighted by Crippen LogP contribution is -2.19. The zero-order valence-corrected chi connectivity index (χ0v) is 30.4. The molecule has 0 nitrogen and oxygen atoms in total. The summed E-state index contributed by atoms with van der Waals surface area (Å²) in [6.45, 7) is 39.7. The number of rotatable bonds is 15. The lowest BCUT2D eigenvalue weighted by molar-refractivity contribution is 0.199. The van der Waals surface area contributed by atoms with E-state index in [0.717, 1.165) is 18.4 Å². The number of hydrogen-bond acceptors (Lipinski definition) is 0. The van der Waals surface area contributed by atoms with Gasteiger partial charge in [0.25, 0.3) is 0 Å². The van der Waals surface area contributed by atoms with Crippen LogP contribution in [-0.2, 0) is 0 Å². The molecule has 0 aliphatic carbocycles. The van der Waals surface area contributed by atoms with E-state index in [1.165, 1.54) is 79.2 Å². The summed E-state index contributed by atoms with van der Waals surface area (Å²) < 4.78 is 0. The van der Waals surface area contributed by atoms with Gasteiger partial charge >= 0.3 is 0 Å².